The summed E-state index contributed by atoms with van der Waals surface area (Å²) in [6.07, 6.45) is 0. The van der Waals surface area contributed by atoms with E-state index in [0.717, 1.165) is 16.6 Å². The van der Waals surface area contributed by atoms with Crippen LogP contribution < -0.4 is 5.32 Å². The van der Waals surface area contributed by atoms with Crippen molar-refractivity contribution in [1.29, 1.82) is 0 Å². The zero-order valence-corrected chi connectivity index (χ0v) is 9.70. The Kier molecular flexibility index (Phi) is 3.03. The minimum Gasteiger partial charge on any atom is -0.310 e. The molecule has 1 aromatic carbocycles. The summed E-state index contributed by atoms with van der Waals surface area (Å²) in [4.78, 5) is 1.18. The monoisotopic (exact) mass is 223 g/mol. The van der Waals surface area contributed by atoms with Crippen LogP contribution in [0.5, 0.6) is 0 Å². The number of nitrogens with one attached hydrogen (secondary N) is 1. The van der Waals surface area contributed by atoms with Crippen molar-refractivity contribution in [3.05, 3.63) is 35.0 Å². The van der Waals surface area contributed by atoms with Crippen LogP contribution in [-0.2, 0) is 6.54 Å². The summed E-state index contributed by atoms with van der Waals surface area (Å²) in [6.45, 7) is 5.03. The van der Waals surface area contributed by atoms with Gasteiger partial charge in [0.25, 0.3) is 0 Å². The third kappa shape index (κ3) is 2.36. The fourth-order valence-corrected chi connectivity index (χ4v) is 2.50. The van der Waals surface area contributed by atoms with E-state index in [-0.39, 0.29) is 5.82 Å². The van der Waals surface area contributed by atoms with Gasteiger partial charge in [0, 0.05) is 27.5 Å². The Labute approximate surface area is 92.9 Å². The van der Waals surface area contributed by atoms with Crippen molar-refractivity contribution in [2.45, 2.75) is 26.4 Å². The highest BCUT2D eigenvalue weighted by molar-refractivity contribution is 7.19. The maximum atomic E-state index is 13.4. The normalized spacial score (nSPS) is 11.5. The first-order valence-corrected chi connectivity index (χ1v) is 5.89. The minimum absolute atomic E-state index is 0.125. The van der Waals surface area contributed by atoms with Gasteiger partial charge in [0.05, 0.1) is 0 Å². The molecular formula is C12H14FNS. The van der Waals surface area contributed by atoms with E-state index in [4.69, 9.17) is 0 Å². The van der Waals surface area contributed by atoms with E-state index in [1.54, 1.807) is 17.4 Å². The first kappa shape index (κ1) is 10.6. The van der Waals surface area contributed by atoms with E-state index in [2.05, 4.69) is 19.2 Å². The minimum atomic E-state index is -0.125. The van der Waals surface area contributed by atoms with Crippen LogP contribution >= 0.6 is 11.3 Å². The van der Waals surface area contributed by atoms with E-state index in [9.17, 15) is 4.39 Å². The van der Waals surface area contributed by atoms with E-state index in [0.29, 0.717) is 6.04 Å². The molecule has 80 valence electrons. The molecule has 2 aromatic rings. The Morgan fingerprint density at radius 2 is 2.20 bits per heavy atom. The van der Waals surface area contributed by atoms with E-state index < -0.39 is 0 Å². The molecule has 0 saturated carbocycles. The van der Waals surface area contributed by atoms with Crippen LogP contribution in [0.3, 0.4) is 0 Å². The highest BCUT2D eigenvalue weighted by Crippen LogP contribution is 2.27. The molecule has 1 N–H and O–H groups in total. The topological polar surface area (TPSA) is 12.0 Å². The SMILES string of the molecule is CC(C)NCc1cc2c(F)cccc2s1. The highest BCUT2D eigenvalue weighted by Gasteiger charge is 2.05. The molecule has 0 saturated heterocycles. The summed E-state index contributed by atoms with van der Waals surface area (Å²) in [5.74, 6) is -0.125. The number of benzene rings is 1. The fourth-order valence-electron chi connectivity index (χ4n) is 1.47. The second-order valence-electron chi connectivity index (χ2n) is 3.90. The smallest absolute Gasteiger partial charge is 0.131 e. The van der Waals surface area contributed by atoms with Crippen LogP contribution in [0.1, 0.15) is 18.7 Å². The number of thiophene rings is 1. The van der Waals surface area contributed by atoms with Crippen LogP contribution in [0.15, 0.2) is 24.3 Å². The lowest BCUT2D eigenvalue weighted by molar-refractivity contribution is 0.593. The molecule has 0 bridgehead atoms. The number of rotatable bonds is 3. The van der Waals surface area contributed by atoms with Crippen molar-refractivity contribution in [1.82, 2.24) is 5.32 Å². The second-order valence-corrected chi connectivity index (χ2v) is 5.07. The quantitative estimate of drug-likeness (QED) is 0.839. The highest BCUT2D eigenvalue weighted by atomic mass is 32.1. The first-order valence-electron chi connectivity index (χ1n) is 5.07. The van der Waals surface area contributed by atoms with Crippen molar-refractivity contribution < 1.29 is 4.39 Å². The average molecular weight is 223 g/mol. The van der Waals surface area contributed by atoms with Crippen LogP contribution in [0.25, 0.3) is 10.1 Å². The molecule has 0 spiro atoms. The molecule has 0 amide bonds. The zero-order chi connectivity index (χ0) is 10.8. The number of halogens is 1. The average Bonchev–Trinajstić information content (AvgIpc) is 2.59. The Morgan fingerprint density at radius 1 is 1.40 bits per heavy atom. The van der Waals surface area contributed by atoms with Crippen molar-refractivity contribution in [2.24, 2.45) is 0 Å². The molecule has 1 heterocycles. The number of hydrogen-bond acceptors (Lipinski definition) is 2. The first-order chi connectivity index (χ1) is 7.16. The summed E-state index contributed by atoms with van der Waals surface area (Å²) in [6, 6.07) is 7.62. The summed E-state index contributed by atoms with van der Waals surface area (Å²) < 4.78 is 14.4. The third-order valence-electron chi connectivity index (χ3n) is 2.24. The summed E-state index contributed by atoms with van der Waals surface area (Å²) >= 11 is 1.65. The molecular weight excluding hydrogens is 209 g/mol. The van der Waals surface area contributed by atoms with Gasteiger partial charge in [-0.2, -0.15) is 0 Å². The summed E-state index contributed by atoms with van der Waals surface area (Å²) in [5.41, 5.74) is 0. The van der Waals surface area contributed by atoms with Crippen molar-refractivity contribution in [3.8, 4) is 0 Å². The Balaban J connectivity index is 2.27. The molecule has 0 atom stereocenters. The van der Waals surface area contributed by atoms with Gasteiger partial charge in [0.2, 0.25) is 0 Å². The van der Waals surface area contributed by atoms with Gasteiger partial charge in [-0.1, -0.05) is 19.9 Å². The second kappa shape index (κ2) is 4.29. The lowest BCUT2D eigenvalue weighted by Gasteiger charge is -2.04. The van der Waals surface area contributed by atoms with Gasteiger partial charge in [0.15, 0.2) is 0 Å². The lowest BCUT2D eigenvalue weighted by Crippen LogP contribution is -2.21. The molecule has 0 fully saturated rings. The predicted octanol–water partition coefficient (Wildman–Crippen LogP) is 3.54. The molecule has 0 radical (unpaired) electrons. The van der Waals surface area contributed by atoms with Gasteiger partial charge < -0.3 is 5.32 Å². The molecule has 1 aromatic heterocycles. The van der Waals surface area contributed by atoms with E-state index >= 15 is 0 Å². The van der Waals surface area contributed by atoms with Crippen molar-refractivity contribution in [3.63, 3.8) is 0 Å². The third-order valence-corrected chi connectivity index (χ3v) is 3.34. The van der Waals surface area contributed by atoms with E-state index in [1.165, 1.54) is 10.9 Å². The molecule has 2 rings (SSSR count). The van der Waals surface area contributed by atoms with E-state index in [1.807, 2.05) is 12.1 Å². The Bertz CT molecular complexity index is 462. The van der Waals surface area contributed by atoms with Gasteiger partial charge in [-0.15, -0.1) is 11.3 Å². The molecule has 0 unspecified atom stereocenters. The number of fused-ring (bicyclic) bond motifs is 1. The fraction of sp³-hybridized carbons (Fsp3) is 0.333. The van der Waals surface area contributed by atoms with Crippen LogP contribution in [0, 0.1) is 5.82 Å². The Hall–Kier alpha value is -0.930. The molecule has 15 heavy (non-hydrogen) atoms. The van der Waals surface area contributed by atoms with Gasteiger partial charge in [-0.3, -0.25) is 0 Å². The molecule has 1 nitrogen and oxygen atoms in total. The maximum Gasteiger partial charge on any atom is 0.131 e. The molecule has 0 aliphatic rings. The van der Waals surface area contributed by atoms with Crippen LogP contribution in [0.4, 0.5) is 4.39 Å². The van der Waals surface area contributed by atoms with Gasteiger partial charge in [-0.25, -0.2) is 4.39 Å². The number of hydrogen-bond donors (Lipinski definition) is 1. The molecule has 0 aliphatic carbocycles. The van der Waals surface area contributed by atoms with Gasteiger partial charge >= 0.3 is 0 Å². The zero-order valence-electron chi connectivity index (χ0n) is 8.88. The molecule has 3 heteroatoms. The van der Waals surface area contributed by atoms with Gasteiger partial charge in [-0.05, 0) is 18.2 Å². The summed E-state index contributed by atoms with van der Waals surface area (Å²) in [7, 11) is 0. The Morgan fingerprint density at radius 3 is 2.87 bits per heavy atom. The van der Waals surface area contributed by atoms with Crippen LogP contribution in [-0.4, -0.2) is 6.04 Å². The van der Waals surface area contributed by atoms with Crippen molar-refractivity contribution >= 4 is 21.4 Å². The molecule has 0 aliphatic heterocycles. The lowest BCUT2D eigenvalue weighted by atomic mass is 10.2. The summed E-state index contributed by atoms with van der Waals surface area (Å²) in [5, 5.41) is 4.07. The van der Waals surface area contributed by atoms with Gasteiger partial charge in [0.1, 0.15) is 5.82 Å². The largest absolute Gasteiger partial charge is 0.310 e. The van der Waals surface area contributed by atoms with Crippen molar-refractivity contribution in [2.75, 3.05) is 0 Å². The predicted molar refractivity (Wildman–Crippen MR) is 63.8 cm³/mol. The van der Waals surface area contributed by atoms with Crippen LogP contribution in [0.2, 0.25) is 0 Å². The maximum absolute atomic E-state index is 13.4. The standard InChI is InChI=1S/C12H14FNS/c1-8(2)14-7-9-6-10-11(13)4-3-5-12(10)15-9/h3-6,8,14H,7H2,1-2H3.